The van der Waals surface area contributed by atoms with Crippen LogP contribution < -0.4 is 10.1 Å². The largest absolute Gasteiger partial charge is 0.573 e. The van der Waals surface area contributed by atoms with E-state index < -0.39 is 29.6 Å². The minimum atomic E-state index is -4.82. The second-order valence-electron chi connectivity index (χ2n) is 4.79. The van der Waals surface area contributed by atoms with Gasteiger partial charge in [-0.25, -0.2) is 4.79 Å². The zero-order chi connectivity index (χ0) is 18.4. The fourth-order valence-electron chi connectivity index (χ4n) is 1.86. The first-order chi connectivity index (χ1) is 11.7. The van der Waals surface area contributed by atoms with Crippen LogP contribution in [0.3, 0.4) is 0 Å². The quantitative estimate of drug-likeness (QED) is 0.611. The summed E-state index contributed by atoms with van der Waals surface area (Å²) in [6.45, 7) is 0. The number of aliphatic carboxylic acids is 1. The number of carboxylic acid groups (broad SMARTS) is 1. The first-order valence-electron chi connectivity index (χ1n) is 6.92. The topological polar surface area (TPSA) is 75.6 Å². The average Bonchev–Trinajstić information content (AvgIpc) is 2.55. The van der Waals surface area contributed by atoms with Crippen molar-refractivity contribution in [2.75, 3.05) is 5.32 Å². The number of ketones is 1. The van der Waals surface area contributed by atoms with Gasteiger partial charge in [-0.2, -0.15) is 0 Å². The summed E-state index contributed by atoms with van der Waals surface area (Å²) in [7, 11) is 0. The van der Waals surface area contributed by atoms with Gasteiger partial charge in [-0.05, 0) is 24.3 Å². The Morgan fingerprint density at radius 2 is 1.60 bits per heavy atom. The molecule has 25 heavy (non-hydrogen) atoms. The number of carboxylic acids is 1. The van der Waals surface area contributed by atoms with Crippen LogP contribution in [0.5, 0.6) is 5.75 Å². The molecule has 0 heterocycles. The molecule has 0 fully saturated rings. The van der Waals surface area contributed by atoms with E-state index in [9.17, 15) is 27.9 Å². The normalized spacial score (nSPS) is 11.7. The molecule has 130 valence electrons. The lowest BCUT2D eigenvalue weighted by Gasteiger charge is -2.10. The van der Waals surface area contributed by atoms with E-state index in [4.69, 9.17) is 0 Å². The second-order valence-corrected chi connectivity index (χ2v) is 4.79. The Morgan fingerprint density at radius 1 is 1.00 bits per heavy atom. The van der Waals surface area contributed by atoms with Gasteiger partial charge in [0, 0.05) is 17.3 Å². The van der Waals surface area contributed by atoms with E-state index in [1.54, 1.807) is 18.2 Å². The fourth-order valence-corrected chi connectivity index (χ4v) is 1.86. The van der Waals surface area contributed by atoms with Gasteiger partial charge in [0.2, 0.25) is 0 Å². The minimum absolute atomic E-state index is 0.184. The van der Waals surface area contributed by atoms with Crippen molar-refractivity contribution in [3.8, 4) is 5.75 Å². The number of carbonyl (C=O) groups excluding carboxylic acids is 1. The molecule has 0 spiro atoms. The lowest BCUT2D eigenvalue weighted by molar-refractivity contribution is -0.274. The number of halogens is 3. The SMILES string of the molecule is O=C(O)C(=CC(=O)c1ccccc1)Nc1ccc(OC(F)(F)F)cc1. The number of nitrogens with one attached hydrogen (secondary N) is 1. The molecule has 0 aromatic heterocycles. The molecular formula is C17H12F3NO4. The summed E-state index contributed by atoms with van der Waals surface area (Å²) in [6.07, 6.45) is -3.92. The smallest absolute Gasteiger partial charge is 0.477 e. The third-order valence-electron chi connectivity index (χ3n) is 2.93. The van der Waals surface area contributed by atoms with Crippen LogP contribution in [0, 0.1) is 0 Å². The molecular weight excluding hydrogens is 339 g/mol. The number of benzene rings is 2. The van der Waals surface area contributed by atoms with Crippen molar-refractivity contribution in [3.05, 3.63) is 71.9 Å². The summed E-state index contributed by atoms with van der Waals surface area (Å²) in [6, 6.07) is 12.5. The zero-order valence-corrected chi connectivity index (χ0v) is 12.6. The van der Waals surface area contributed by atoms with Gasteiger partial charge in [0.15, 0.2) is 5.78 Å². The first-order valence-corrected chi connectivity index (χ1v) is 6.92. The predicted octanol–water partition coefficient (Wildman–Crippen LogP) is 3.85. The molecule has 0 amide bonds. The van der Waals surface area contributed by atoms with Crippen molar-refractivity contribution < 1.29 is 32.6 Å². The highest BCUT2D eigenvalue weighted by molar-refractivity contribution is 6.09. The monoisotopic (exact) mass is 351 g/mol. The van der Waals surface area contributed by atoms with E-state index in [1.165, 1.54) is 24.3 Å². The van der Waals surface area contributed by atoms with E-state index in [0.717, 1.165) is 18.2 Å². The van der Waals surface area contributed by atoms with Gasteiger partial charge in [0.25, 0.3) is 0 Å². The van der Waals surface area contributed by atoms with Crippen molar-refractivity contribution in [2.24, 2.45) is 0 Å². The third-order valence-corrected chi connectivity index (χ3v) is 2.93. The average molecular weight is 351 g/mol. The standard InChI is InChI=1S/C17H12F3NO4/c18-17(19,20)25-13-8-6-12(7-9-13)21-14(16(23)24)10-15(22)11-4-2-1-3-5-11/h1-10,21H,(H,23,24). The first kappa shape index (κ1) is 18.1. The number of ether oxygens (including phenoxy) is 1. The summed E-state index contributed by atoms with van der Waals surface area (Å²) in [5.74, 6) is -2.36. The van der Waals surface area contributed by atoms with Crippen LogP contribution in [-0.2, 0) is 4.79 Å². The van der Waals surface area contributed by atoms with Crippen LogP contribution in [0.4, 0.5) is 18.9 Å². The maximum absolute atomic E-state index is 12.1. The van der Waals surface area contributed by atoms with E-state index in [-0.39, 0.29) is 5.69 Å². The number of alkyl halides is 3. The van der Waals surface area contributed by atoms with Gasteiger partial charge in [-0.15, -0.1) is 13.2 Å². The Labute approximate surface area is 140 Å². The van der Waals surface area contributed by atoms with Gasteiger partial charge >= 0.3 is 12.3 Å². The Balaban J connectivity index is 2.15. The Hall–Kier alpha value is -3.29. The molecule has 2 aromatic carbocycles. The number of hydrogen-bond donors (Lipinski definition) is 2. The van der Waals surface area contributed by atoms with E-state index in [2.05, 4.69) is 10.1 Å². The van der Waals surface area contributed by atoms with Crippen molar-refractivity contribution >= 4 is 17.4 Å². The van der Waals surface area contributed by atoms with Crippen molar-refractivity contribution in [2.45, 2.75) is 6.36 Å². The van der Waals surface area contributed by atoms with Crippen LogP contribution in [0.15, 0.2) is 66.4 Å². The second kappa shape index (κ2) is 7.52. The van der Waals surface area contributed by atoms with Crippen LogP contribution in [0.2, 0.25) is 0 Å². The highest BCUT2D eigenvalue weighted by Crippen LogP contribution is 2.24. The molecule has 0 atom stereocenters. The van der Waals surface area contributed by atoms with Gasteiger partial charge < -0.3 is 15.2 Å². The highest BCUT2D eigenvalue weighted by atomic mass is 19.4. The Morgan fingerprint density at radius 3 is 2.12 bits per heavy atom. The van der Waals surface area contributed by atoms with Crippen molar-refractivity contribution in [1.82, 2.24) is 0 Å². The Kier molecular flexibility index (Phi) is 5.43. The molecule has 0 aliphatic rings. The van der Waals surface area contributed by atoms with Crippen LogP contribution >= 0.6 is 0 Å². The summed E-state index contributed by atoms with van der Waals surface area (Å²) < 4.78 is 40.0. The lowest BCUT2D eigenvalue weighted by Crippen LogP contribution is -2.17. The summed E-state index contributed by atoms with van der Waals surface area (Å²) in [5.41, 5.74) is 0.0688. The maximum Gasteiger partial charge on any atom is 0.573 e. The minimum Gasteiger partial charge on any atom is -0.477 e. The van der Waals surface area contributed by atoms with Crippen LogP contribution in [0.25, 0.3) is 0 Å². The molecule has 2 N–H and O–H groups in total. The van der Waals surface area contributed by atoms with Crippen molar-refractivity contribution in [1.29, 1.82) is 0 Å². The fraction of sp³-hybridized carbons (Fsp3) is 0.0588. The highest BCUT2D eigenvalue weighted by Gasteiger charge is 2.30. The molecule has 5 nitrogen and oxygen atoms in total. The van der Waals surface area contributed by atoms with Crippen LogP contribution in [-0.4, -0.2) is 23.2 Å². The summed E-state index contributed by atoms with van der Waals surface area (Å²) in [5, 5.41) is 11.7. The van der Waals surface area contributed by atoms with Crippen LogP contribution in [0.1, 0.15) is 10.4 Å². The molecule has 2 aromatic rings. The van der Waals surface area contributed by atoms with Gasteiger partial charge in [-0.1, -0.05) is 30.3 Å². The number of allylic oxidation sites excluding steroid dienone is 1. The van der Waals surface area contributed by atoms with Gasteiger partial charge in [0.1, 0.15) is 11.4 Å². The lowest BCUT2D eigenvalue weighted by atomic mass is 10.1. The summed E-state index contributed by atoms with van der Waals surface area (Å²) >= 11 is 0. The number of anilines is 1. The molecule has 0 saturated heterocycles. The third kappa shape index (κ3) is 5.69. The summed E-state index contributed by atoms with van der Waals surface area (Å²) in [4.78, 5) is 23.3. The molecule has 8 heteroatoms. The number of rotatable bonds is 6. The molecule has 2 rings (SSSR count). The van der Waals surface area contributed by atoms with E-state index >= 15 is 0 Å². The molecule has 0 aliphatic heterocycles. The number of hydrogen-bond acceptors (Lipinski definition) is 4. The van der Waals surface area contributed by atoms with Crippen molar-refractivity contribution in [3.63, 3.8) is 0 Å². The number of carbonyl (C=O) groups is 2. The Bertz CT molecular complexity index is 784. The van der Waals surface area contributed by atoms with Gasteiger partial charge in [-0.3, -0.25) is 4.79 Å². The molecule has 0 bridgehead atoms. The zero-order valence-electron chi connectivity index (χ0n) is 12.6. The van der Waals surface area contributed by atoms with E-state index in [1.807, 2.05) is 0 Å². The molecule has 0 aliphatic carbocycles. The van der Waals surface area contributed by atoms with E-state index in [0.29, 0.717) is 5.56 Å². The van der Waals surface area contributed by atoms with Gasteiger partial charge in [0.05, 0.1) is 0 Å². The predicted molar refractivity (Wildman–Crippen MR) is 83.2 cm³/mol. The molecule has 0 radical (unpaired) electrons. The molecule has 0 saturated carbocycles. The molecule has 0 unspecified atom stereocenters. The maximum atomic E-state index is 12.1.